The summed E-state index contributed by atoms with van der Waals surface area (Å²) in [5.74, 6) is -0.0224. The van der Waals surface area contributed by atoms with E-state index in [4.69, 9.17) is 0 Å². The van der Waals surface area contributed by atoms with E-state index in [1.165, 1.54) is 5.56 Å². The van der Waals surface area contributed by atoms with E-state index >= 15 is 0 Å². The topological polar surface area (TPSA) is 33.0 Å². The molecule has 3 nitrogen and oxygen atoms in total. The van der Waals surface area contributed by atoms with Crippen LogP contribution >= 0.6 is 22.6 Å². The van der Waals surface area contributed by atoms with Crippen LogP contribution in [0.2, 0.25) is 0 Å². The Morgan fingerprint density at radius 1 is 1.28 bits per heavy atom. The molecule has 0 bridgehead atoms. The Labute approximate surface area is 120 Å². The van der Waals surface area contributed by atoms with E-state index in [-0.39, 0.29) is 5.91 Å². The summed E-state index contributed by atoms with van der Waals surface area (Å²) in [5.41, 5.74) is 2.02. The number of amides is 1. The lowest BCUT2D eigenvalue weighted by molar-refractivity contribution is -0.684. The predicted octanol–water partition coefficient (Wildman–Crippen LogP) is 2.53. The number of carbonyl (C=O) groups is 1. The van der Waals surface area contributed by atoms with Gasteiger partial charge >= 0.3 is 0 Å². The molecule has 0 saturated carbocycles. The molecule has 92 valence electrons. The smallest absolute Gasteiger partial charge is 0.290 e. The number of nitrogens with one attached hydrogen (secondary N) is 1. The lowest BCUT2D eigenvalue weighted by Crippen LogP contribution is -2.39. The molecule has 4 heteroatoms. The first-order chi connectivity index (χ1) is 8.63. The summed E-state index contributed by atoms with van der Waals surface area (Å²) in [6.07, 6.45) is 3.81. The summed E-state index contributed by atoms with van der Waals surface area (Å²) in [6, 6.07) is 11.7. The Balaban J connectivity index is 1.98. The van der Waals surface area contributed by atoms with E-state index in [1.54, 1.807) is 0 Å². The van der Waals surface area contributed by atoms with Gasteiger partial charge in [-0.2, -0.15) is 4.57 Å². The lowest BCUT2D eigenvalue weighted by Gasteiger charge is -2.03. The third-order valence-corrected chi connectivity index (χ3v) is 3.16. The van der Waals surface area contributed by atoms with Crippen LogP contribution in [0.25, 0.3) is 0 Å². The fourth-order valence-electron chi connectivity index (χ4n) is 1.57. The number of aromatic nitrogens is 1. The highest BCUT2D eigenvalue weighted by atomic mass is 127. The molecule has 1 amide bonds. The highest BCUT2D eigenvalue weighted by Crippen LogP contribution is 2.11. The van der Waals surface area contributed by atoms with Crippen molar-refractivity contribution in [3.8, 4) is 0 Å². The van der Waals surface area contributed by atoms with Gasteiger partial charge < -0.3 is 5.32 Å². The number of nitrogens with zero attached hydrogens (tertiary/aromatic N) is 1. The molecule has 0 unspecified atom stereocenters. The number of hydrogen-bond acceptors (Lipinski definition) is 1. The molecule has 0 radical (unpaired) electrons. The van der Waals surface area contributed by atoms with E-state index in [0.717, 1.165) is 9.26 Å². The minimum atomic E-state index is -0.0224. The molecular formula is C14H14IN2O+. The van der Waals surface area contributed by atoms with Crippen molar-refractivity contribution in [1.29, 1.82) is 0 Å². The minimum Gasteiger partial charge on any atom is -0.321 e. The molecule has 2 rings (SSSR count). The van der Waals surface area contributed by atoms with Crippen LogP contribution in [0.5, 0.6) is 0 Å². The van der Waals surface area contributed by atoms with Crippen molar-refractivity contribution in [1.82, 2.24) is 0 Å². The number of hydrogen-bond donors (Lipinski definition) is 1. The average molecular weight is 353 g/mol. The van der Waals surface area contributed by atoms with Crippen molar-refractivity contribution in [2.75, 3.05) is 5.32 Å². The Bertz CT molecular complexity index is 552. The van der Waals surface area contributed by atoms with Crippen LogP contribution in [0.1, 0.15) is 5.56 Å². The first-order valence-electron chi connectivity index (χ1n) is 5.64. The fourth-order valence-corrected chi connectivity index (χ4v) is 2.11. The van der Waals surface area contributed by atoms with E-state index in [9.17, 15) is 4.79 Å². The van der Waals surface area contributed by atoms with E-state index in [0.29, 0.717) is 6.54 Å². The van der Waals surface area contributed by atoms with Crippen LogP contribution in [-0.2, 0) is 11.3 Å². The normalized spacial score (nSPS) is 10.1. The SMILES string of the molecule is Cc1cc[n+](CC(=O)Nc2cccc(I)c2)cc1. The Morgan fingerprint density at radius 3 is 2.67 bits per heavy atom. The van der Waals surface area contributed by atoms with E-state index in [1.807, 2.05) is 60.3 Å². The molecule has 1 N–H and O–H groups in total. The number of anilines is 1. The van der Waals surface area contributed by atoms with Crippen LogP contribution in [0, 0.1) is 10.5 Å². The summed E-state index contributed by atoms with van der Waals surface area (Å²) < 4.78 is 2.96. The van der Waals surface area contributed by atoms with Gasteiger partial charge in [0.05, 0.1) is 0 Å². The van der Waals surface area contributed by atoms with Crippen LogP contribution in [-0.4, -0.2) is 5.91 Å². The Kier molecular flexibility index (Phi) is 4.30. The number of carbonyl (C=O) groups excluding carboxylic acids is 1. The molecule has 1 aromatic carbocycles. The molecule has 0 saturated heterocycles. The van der Waals surface area contributed by atoms with Gasteiger partial charge in [-0.15, -0.1) is 0 Å². The van der Waals surface area contributed by atoms with Crippen molar-refractivity contribution in [2.24, 2.45) is 0 Å². The predicted molar refractivity (Wildman–Crippen MR) is 79.2 cm³/mol. The van der Waals surface area contributed by atoms with Gasteiger partial charge in [-0.3, -0.25) is 4.79 Å². The molecule has 1 aromatic heterocycles. The highest BCUT2D eigenvalue weighted by Gasteiger charge is 2.09. The highest BCUT2D eigenvalue weighted by molar-refractivity contribution is 14.1. The van der Waals surface area contributed by atoms with Crippen LogP contribution in [0.3, 0.4) is 0 Å². The maximum Gasteiger partial charge on any atom is 0.290 e. The standard InChI is InChI=1S/C14H13IN2O/c1-11-5-7-17(8-6-11)10-14(18)16-13-4-2-3-12(15)9-13/h2-9H,10H2,1H3/p+1. The maximum atomic E-state index is 11.8. The average Bonchev–Trinajstić information content (AvgIpc) is 2.32. The monoisotopic (exact) mass is 353 g/mol. The molecule has 0 aliphatic carbocycles. The van der Waals surface area contributed by atoms with Gasteiger partial charge in [0.2, 0.25) is 6.54 Å². The zero-order valence-electron chi connectivity index (χ0n) is 10.1. The molecule has 0 fully saturated rings. The van der Waals surface area contributed by atoms with Crippen LogP contribution < -0.4 is 9.88 Å². The fraction of sp³-hybridized carbons (Fsp3) is 0.143. The molecule has 0 aliphatic rings. The summed E-state index contributed by atoms with van der Waals surface area (Å²) in [4.78, 5) is 11.8. The Morgan fingerprint density at radius 2 is 2.00 bits per heavy atom. The molecule has 1 heterocycles. The quantitative estimate of drug-likeness (QED) is 0.668. The maximum absolute atomic E-state index is 11.8. The van der Waals surface area contributed by atoms with E-state index in [2.05, 4.69) is 27.9 Å². The van der Waals surface area contributed by atoms with Crippen LogP contribution in [0.4, 0.5) is 5.69 Å². The Hall–Kier alpha value is -1.43. The molecule has 2 aromatic rings. The van der Waals surface area contributed by atoms with Gasteiger partial charge in [0.1, 0.15) is 0 Å². The van der Waals surface area contributed by atoms with Gasteiger partial charge in [0.25, 0.3) is 5.91 Å². The first-order valence-corrected chi connectivity index (χ1v) is 6.72. The summed E-state index contributed by atoms with van der Waals surface area (Å²) in [6.45, 7) is 2.35. The second kappa shape index (κ2) is 5.95. The van der Waals surface area contributed by atoms with Gasteiger partial charge in [-0.05, 0) is 53.3 Å². The zero-order chi connectivity index (χ0) is 13.0. The van der Waals surface area contributed by atoms with Crippen molar-refractivity contribution in [3.05, 3.63) is 57.9 Å². The zero-order valence-corrected chi connectivity index (χ0v) is 12.2. The lowest BCUT2D eigenvalue weighted by atomic mass is 10.3. The third-order valence-electron chi connectivity index (χ3n) is 2.49. The molecule has 0 spiro atoms. The second-order valence-corrected chi connectivity index (χ2v) is 5.35. The van der Waals surface area contributed by atoms with Crippen molar-refractivity contribution in [3.63, 3.8) is 0 Å². The van der Waals surface area contributed by atoms with Crippen LogP contribution in [0.15, 0.2) is 48.8 Å². The van der Waals surface area contributed by atoms with E-state index < -0.39 is 0 Å². The molecule has 0 aliphatic heterocycles. The van der Waals surface area contributed by atoms with Gasteiger partial charge in [0, 0.05) is 21.4 Å². The number of halogens is 1. The first kappa shape index (κ1) is 13.0. The molecule has 18 heavy (non-hydrogen) atoms. The second-order valence-electron chi connectivity index (χ2n) is 4.11. The molecular weight excluding hydrogens is 339 g/mol. The van der Waals surface area contributed by atoms with Crippen molar-refractivity contribution in [2.45, 2.75) is 13.5 Å². The summed E-state index contributed by atoms with van der Waals surface area (Å²) in [7, 11) is 0. The van der Waals surface area contributed by atoms with Gasteiger partial charge in [-0.1, -0.05) is 6.07 Å². The van der Waals surface area contributed by atoms with Gasteiger partial charge in [-0.25, -0.2) is 0 Å². The summed E-state index contributed by atoms with van der Waals surface area (Å²) >= 11 is 2.22. The van der Waals surface area contributed by atoms with Crippen molar-refractivity contribution >= 4 is 34.2 Å². The third kappa shape index (κ3) is 3.80. The number of benzene rings is 1. The number of rotatable bonds is 3. The van der Waals surface area contributed by atoms with Gasteiger partial charge in [0.15, 0.2) is 12.4 Å². The largest absolute Gasteiger partial charge is 0.321 e. The number of aryl methyl sites for hydroxylation is 1. The molecule has 0 atom stereocenters. The number of pyridine rings is 1. The van der Waals surface area contributed by atoms with Crippen molar-refractivity contribution < 1.29 is 9.36 Å². The summed E-state index contributed by atoms with van der Waals surface area (Å²) in [5, 5.41) is 2.88. The minimum absolute atomic E-state index is 0.0224.